The average Bonchev–Trinajstić information content (AvgIpc) is 2.69. The molecule has 1 N–H and O–H groups in total. The number of hydrogen-bond donors (Lipinski definition) is 1. The van der Waals surface area contributed by atoms with E-state index in [1.54, 1.807) is 4.90 Å². The lowest BCUT2D eigenvalue weighted by atomic mass is 10.0. The van der Waals surface area contributed by atoms with Crippen molar-refractivity contribution >= 4 is 5.97 Å². The van der Waals surface area contributed by atoms with Gasteiger partial charge in [-0.1, -0.05) is 6.92 Å². The third-order valence-corrected chi connectivity index (χ3v) is 4.01. The number of halogens is 2. The van der Waals surface area contributed by atoms with Crippen molar-refractivity contribution in [1.82, 2.24) is 9.80 Å². The Morgan fingerprint density at radius 3 is 2.73 bits per heavy atom. The molecule has 0 amide bonds. The Morgan fingerprint density at radius 2 is 2.05 bits per heavy atom. The number of carbonyl (C=O) groups is 1. The van der Waals surface area contributed by atoms with Gasteiger partial charge in [0.25, 0.3) is 0 Å². The van der Waals surface area contributed by atoms with E-state index >= 15 is 0 Å². The molecule has 0 aromatic heterocycles. The molecule has 1 saturated heterocycles. The zero-order valence-electron chi connectivity index (χ0n) is 12.8. The van der Waals surface area contributed by atoms with E-state index in [1.165, 1.54) is 0 Å². The SMILES string of the molecule is CCCN1CCCN(C(C(=O)O)c2cc(F)ccc2F)CC1. The van der Waals surface area contributed by atoms with Gasteiger partial charge in [-0.2, -0.15) is 0 Å². The smallest absolute Gasteiger partial charge is 0.325 e. The third-order valence-electron chi connectivity index (χ3n) is 4.01. The normalized spacial score (nSPS) is 18.9. The van der Waals surface area contributed by atoms with Crippen LogP contribution in [-0.2, 0) is 4.79 Å². The zero-order valence-corrected chi connectivity index (χ0v) is 12.8. The molecule has 2 rings (SSSR count). The van der Waals surface area contributed by atoms with Crippen LogP contribution in [0.4, 0.5) is 8.78 Å². The molecule has 1 aromatic rings. The van der Waals surface area contributed by atoms with Gasteiger partial charge in [0, 0.05) is 25.2 Å². The van der Waals surface area contributed by atoms with Crippen molar-refractivity contribution < 1.29 is 18.7 Å². The molecule has 0 spiro atoms. The van der Waals surface area contributed by atoms with Crippen LogP contribution in [0.5, 0.6) is 0 Å². The van der Waals surface area contributed by atoms with Crippen molar-refractivity contribution in [2.75, 3.05) is 32.7 Å². The summed E-state index contributed by atoms with van der Waals surface area (Å²) < 4.78 is 27.4. The van der Waals surface area contributed by atoms with E-state index in [1.807, 2.05) is 0 Å². The summed E-state index contributed by atoms with van der Waals surface area (Å²) in [5.74, 6) is -2.44. The fourth-order valence-corrected chi connectivity index (χ4v) is 3.00. The summed E-state index contributed by atoms with van der Waals surface area (Å²) in [4.78, 5) is 15.6. The van der Waals surface area contributed by atoms with E-state index in [4.69, 9.17) is 0 Å². The number of carboxylic acid groups (broad SMARTS) is 1. The van der Waals surface area contributed by atoms with Crippen LogP contribution in [-0.4, -0.2) is 53.6 Å². The molecular formula is C16H22F2N2O2. The molecule has 0 saturated carbocycles. The van der Waals surface area contributed by atoms with Gasteiger partial charge in [0.15, 0.2) is 0 Å². The molecule has 22 heavy (non-hydrogen) atoms. The van der Waals surface area contributed by atoms with E-state index in [-0.39, 0.29) is 5.56 Å². The van der Waals surface area contributed by atoms with Gasteiger partial charge in [-0.15, -0.1) is 0 Å². The second-order valence-corrected chi connectivity index (χ2v) is 5.64. The standard InChI is InChI=1S/C16H22F2N2O2/c1-2-6-19-7-3-8-20(10-9-19)15(16(21)22)13-11-12(17)4-5-14(13)18/h4-5,11,15H,2-3,6-10H2,1H3,(H,21,22). The highest BCUT2D eigenvalue weighted by molar-refractivity contribution is 5.75. The molecule has 1 unspecified atom stereocenters. The molecule has 1 aliphatic rings. The van der Waals surface area contributed by atoms with E-state index in [0.717, 1.165) is 50.7 Å². The summed E-state index contributed by atoms with van der Waals surface area (Å²) in [6, 6.07) is 1.84. The number of benzene rings is 1. The van der Waals surface area contributed by atoms with Crippen LogP contribution < -0.4 is 0 Å². The Morgan fingerprint density at radius 1 is 1.27 bits per heavy atom. The van der Waals surface area contributed by atoms with Crippen LogP contribution in [0.1, 0.15) is 31.4 Å². The summed E-state index contributed by atoms with van der Waals surface area (Å²) in [5.41, 5.74) is -0.101. The molecule has 0 aliphatic carbocycles. The summed E-state index contributed by atoms with van der Waals surface area (Å²) in [6.07, 6.45) is 1.86. The van der Waals surface area contributed by atoms with Gasteiger partial charge in [-0.3, -0.25) is 9.69 Å². The van der Waals surface area contributed by atoms with Crippen LogP contribution in [0.25, 0.3) is 0 Å². The highest BCUT2D eigenvalue weighted by Crippen LogP contribution is 2.26. The average molecular weight is 312 g/mol. The first kappa shape index (κ1) is 16.8. The van der Waals surface area contributed by atoms with Gasteiger partial charge in [0.05, 0.1) is 0 Å². The molecule has 1 atom stereocenters. The molecule has 6 heteroatoms. The molecule has 1 aromatic carbocycles. The van der Waals surface area contributed by atoms with Gasteiger partial charge in [-0.25, -0.2) is 8.78 Å². The number of carboxylic acids is 1. The van der Waals surface area contributed by atoms with Crippen molar-refractivity contribution in [1.29, 1.82) is 0 Å². The lowest BCUT2D eigenvalue weighted by Gasteiger charge is -2.28. The van der Waals surface area contributed by atoms with Gasteiger partial charge in [0.1, 0.15) is 17.7 Å². The fourth-order valence-electron chi connectivity index (χ4n) is 3.00. The minimum absolute atomic E-state index is 0.101. The summed E-state index contributed by atoms with van der Waals surface area (Å²) in [7, 11) is 0. The summed E-state index contributed by atoms with van der Waals surface area (Å²) in [5, 5.41) is 9.51. The number of aliphatic carboxylic acids is 1. The van der Waals surface area contributed by atoms with Gasteiger partial charge in [0.2, 0.25) is 0 Å². The van der Waals surface area contributed by atoms with Gasteiger partial charge in [-0.05, 0) is 44.1 Å². The van der Waals surface area contributed by atoms with Crippen molar-refractivity contribution in [3.63, 3.8) is 0 Å². The Balaban J connectivity index is 2.21. The van der Waals surface area contributed by atoms with Crippen LogP contribution >= 0.6 is 0 Å². The topological polar surface area (TPSA) is 43.8 Å². The fraction of sp³-hybridized carbons (Fsp3) is 0.562. The predicted molar refractivity (Wildman–Crippen MR) is 79.7 cm³/mol. The van der Waals surface area contributed by atoms with E-state index < -0.39 is 23.6 Å². The molecule has 0 radical (unpaired) electrons. The lowest BCUT2D eigenvalue weighted by molar-refractivity contribution is -0.143. The summed E-state index contributed by atoms with van der Waals surface area (Å²) >= 11 is 0. The maximum atomic E-state index is 14.0. The van der Waals surface area contributed by atoms with Crippen molar-refractivity contribution in [3.05, 3.63) is 35.4 Å². The highest BCUT2D eigenvalue weighted by Gasteiger charge is 2.31. The Bertz CT molecular complexity index is 525. The highest BCUT2D eigenvalue weighted by atomic mass is 19.1. The number of nitrogens with zero attached hydrogens (tertiary/aromatic N) is 2. The molecule has 1 aliphatic heterocycles. The lowest BCUT2D eigenvalue weighted by Crippen LogP contribution is -2.38. The predicted octanol–water partition coefficient (Wildman–Crippen LogP) is 2.51. The molecule has 1 heterocycles. The molecule has 122 valence electrons. The van der Waals surface area contributed by atoms with Gasteiger partial charge < -0.3 is 10.0 Å². The van der Waals surface area contributed by atoms with E-state index in [9.17, 15) is 18.7 Å². The minimum atomic E-state index is -1.14. The van der Waals surface area contributed by atoms with Crippen molar-refractivity contribution in [3.8, 4) is 0 Å². The molecule has 0 bridgehead atoms. The Hall–Kier alpha value is -1.53. The van der Waals surface area contributed by atoms with Crippen LogP contribution in [0.15, 0.2) is 18.2 Å². The number of hydrogen-bond acceptors (Lipinski definition) is 3. The largest absolute Gasteiger partial charge is 0.480 e. The second-order valence-electron chi connectivity index (χ2n) is 5.64. The van der Waals surface area contributed by atoms with Gasteiger partial charge >= 0.3 is 5.97 Å². The van der Waals surface area contributed by atoms with Crippen LogP contribution in [0.3, 0.4) is 0 Å². The maximum Gasteiger partial charge on any atom is 0.325 e. The number of rotatable bonds is 5. The van der Waals surface area contributed by atoms with E-state index in [0.29, 0.717) is 13.1 Å². The zero-order chi connectivity index (χ0) is 16.1. The third kappa shape index (κ3) is 4.01. The van der Waals surface area contributed by atoms with E-state index in [2.05, 4.69) is 11.8 Å². The van der Waals surface area contributed by atoms with Crippen LogP contribution in [0, 0.1) is 11.6 Å². The molecule has 1 fully saturated rings. The Labute approximate surface area is 129 Å². The first-order chi connectivity index (χ1) is 10.5. The second kappa shape index (κ2) is 7.65. The maximum absolute atomic E-state index is 14.0. The minimum Gasteiger partial charge on any atom is -0.480 e. The first-order valence-electron chi connectivity index (χ1n) is 7.67. The molecule has 4 nitrogen and oxygen atoms in total. The quantitative estimate of drug-likeness (QED) is 0.907. The first-order valence-corrected chi connectivity index (χ1v) is 7.67. The monoisotopic (exact) mass is 312 g/mol. The molecular weight excluding hydrogens is 290 g/mol. The summed E-state index contributed by atoms with van der Waals surface area (Å²) in [6.45, 7) is 5.82. The van der Waals surface area contributed by atoms with Crippen molar-refractivity contribution in [2.24, 2.45) is 0 Å². The van der Waals surface area contributed by atoms with Crippen molar-refractivity contribution in [2.45, 2.75) is 25.8 Å². The Kier molecular flexibility index (Phi) is 5.85. The van der Waals surface area contributed by atoms with Crippen LogP contribution in [0.2, 0.25) is 0 Å².